The smallest absolute Gasteiger partial charge is 0.328 e. The maximum Gasteiger partial charge on any atom is 0.328 e. The van der Waals surface area contributed by atoms with E-state index in [0.29, 0.717) is 41.7 Å². The van der Waals surface area contributed by atoms with Crippen molar-refractivity contribution in [3.8, 4) is 0 Å². The number of aryl methyl sites for hydroxylation is 1. The highest BCUT2D eigenvalue weighted by atomic mass is 32.2. The molecule has 226 valence electrons. The molecule has 4 aliphatic rings. The van der Waals surface area contributed by atoms with Crippen LogP contribution in [0.5, 0.6) is 0 Å². The molecular weight excluding hydrogens is 524 g/mol. The Kier molecular flexibility index (Phi) is 8.39. The topological polar surface area (TPSA) is 113 Å². The molecular formula is C31H52N4O4S. The number of aromatic nitrogens is 2. The Bertz CT molecular complexity index is 1170. The van der Waals surface area contributed by atoms with Crippen LogP contribution in [-0.4, -0.2) is 42.0 Å². The number of aliphatic hydroxyl groups is 1. The van der Waals surface area contributed by atoms with Gasteiger partial charge in [-0.25, -0.2) is 17.9 Å². The number of hydrogen-bond acceptors (Lipinski definition) is 5. The molecule has 0 spiro atoms. The summed E-state index contributed by atoms with van der Waals surface area (Å²) in [7, 11) is -3.93. The maximum absolute atomic E-state index is 12.5. The first-order valence-electron chi connectivity index (χ1n) is 15.9. The lowest BCUT2D eigenvalue weighted by molar-refractivity contribution is -0.152. The summed E-state index contributed by atoms with van der Waals surface area (Å²) < 4.78 is 28.7. The summed E-state index contributed by atoms with van der Waals surface area (Å²) in [6, 6.07) is -0.680. The molecule has 8 nitrogen and oxygen atoms in total. The number of hydrogen-bond donors (Lipinski definition) is 3. The number of amides is 2. The van der Waals surface area contributed by atoms with Crippen LogP contribution < -0.4 is 10.0 Å². The maximum atomic E-state index is 12.5. The number of rotatable bonds is 8. The van der Waals surface area contributed by atoms with E-state index in [1.165, 1.54) is 62.0 Å². The second kappa shape index (κ2) is 11.2. The molecule has 2 amide bonds. The minimum absolute atomic E-state index is 0.00370. The summed E-state index contributed by atoms with van der Waals surface area (Å²) in [5.74, 6) is 4.85. The molecule has 40 heavy (non-hydrogen) atoms. The Morgan fingerprint density at radius 1 is 1.10 bits per heavy atom. The van der Waals surface area contributed by atoms with Crippen LogP contribution in [-0.2, 0) is 16.6 Å². The quantitative estimate of drug-likeness (QED) is 0.374. The second-order valence-electron chi connectivity index (χ2n) is 14.2. The highest BCUT2D eigenvalue weighted by molar-refractivity contribution is 7.90. The first-order valence-corrected chi connectivity index (χ1v) is 17.4. The summed E-state index contributed by atoms with van der Waals surface area (Å²) in [4.78, 5) is 12.4. The zero-order valence-electron chi connectivity index (χ0n) is 25.2. The van der Waals surface area contributed by atoms with Crippen molar-refractivity contribution in [1.82, 2.24) is 19.8 Å². The van der Waals surface area contributed by atoms with Crippen molar-refractivity contribution in [2.24, 2.45) is 52.3 Å². The zero-order chi connectivity index (χ0) is 28.9. The van der Waals surface area contributed by atoms with Crippen molar-refractivity contribution in [3.05, 3.63) is 12.4 Å². The minimum Gasteiger partial charge on any atom is -0.393 e. The van der Waals surface area contributed by atoms with Gasteiger partial charge in [0.1, 0.15) is 4.90 Å². The van der Waals surface area contributed by atoms with Gasteiger partial charge in [-0.1, -0.05) is 34.1 Å². The Balaban J connectivity index is 1.19. The first kappa shape index (κ1) is 29.9. The molecule has 0 saturated heterocycles. The SMILES string of the molecule is CC[C@H]1C[C@@H]2[C@H](CC[C@]3(C)C([C@H](C)CCNC(=O)NS(=O)(=O)c4cnn(CC)c4)CC[C@@H]23)[C@@]2(C)CC[C@@H](O)C[C@@H]12. The van der Waals surface area contributed by atoms with E-state index in [1.807, 2.05) is 6.92 Å². The van der Waals surface area contributed by atoms with Gasteiger partial charge < -0.3 is 10.4 Å². The fourth-order valence-corrected chi connectivity index (χ4v) is 11.3. The lowest BCUT2D eigenvalue weighted by Gasteiger charge is -2.63. The molecule has 4 fully saturated rings. The van der Waals surface area contributed by atoms with E-state index in [9.17, 15) is 18.3 Å². The third-order valence-corrected chi connectivity index (χ3v) is 13.7. The number of carbonyl (C=O) groups excluding carboxylic acids is 1. The number of sulfonamides is 1. The van der Waals surface area contributed by atoms with Crippen LogP contribution >= 0.6 is 0 Å². The predicted octanol–water partition coefficient (Wildman–Crippen LogP) is 5.57. The summed E-state index contributed by atoms with van der Waals surface area (Å²) in [6.45, 7) is 12.7. The molecule has 0 bridgehead atoms. The van der Waals surface area contributed by atoms with E-state index in [1.54, 1.807) is 0 Å². The molecule has 1 aromatic rings. The van der Waals surface area contributed by atoms with Crippen molar-refractivity contribution < 1.29 is 18.3 Å². The second-order valence-corrected chi connectivity index (χ2v) is 15.9. The van der Waals surface area contributed by atoms with Crippen molar-refractivity contribution in [2.45, 2.75) is 116 Å². The van der Waals surface area contributed by atoms with E-state index in [0.717, 1.165) is 42.9 Å². The van der Waals surface area contributed by atoms with Gasteiger partial charge in [-0.3, -0.25) is 4.68 Å². The third-order valence-electron chi connectivity index (χ3n) is 12.5. The Morgan fingerprint density at radius 2 is 1.82 bits per heavy atom. The lowest BCUT2D eigenvalue weighted by Crippen LogP contribution is -2.56. The van der Waals surface area contributed by atoms with Crippen molar-refractivity contribution >= 4 is 16.1 Å². The fraction of sp³-hybridized carbons (Fsp3) is 0.871. The molecule has 10 atom stereocenters. The molecule has 0 aliphatic heterocycles. The van der Waals surface area contributed by atoms with Gasteiger partial charge in [0.15, 0.2) is 0 Å². The number of nitrogens with one attached hydrogen (secondary N) is 2. The van der Waals surface area contributed by atoms with Gasteiger partial charge in [-0.15, -0.1) is 0 Å². The molecule has 3 N–H and O–H groups in total. The zero-order valence-corrected chi connectivity index (χ0v) is 26.0. The van der Waals surface area contributed by atoms with Gasteiger partial charge >= 0.3 is 6.03 Å². The van der Waals surface area contributed by atoms with Crippen LogP contribution in [0.25, 0.3) is 0 Å². The van der Waals surface area contributed by atoms with E-state index >= 15 is 0 Å². The third kappa shape index (κ3) is 5.23. The molecule has 1 aromatic heterocycles. The number of carbonyl (C=O) groups is 1. The first-order chi connectivity index (χ1) is 18.9. The van der Waals surface area contributed by atoms with Crippen molar-refractivity contribution in [1.29, 1.82) is 0 Å². The summed E-state index contributed by atoms with van der Waals surface area (Å²) >= 11 is 0. The predicted molar refractivity (Wildman–Crippen MR) is 156 cm³/mol. The van der Waals surface area contributed by atoms with Crippen LogP contribution in [0.4, 0.5) is 4.79 Å². The van der Waals surface area contributed by atoms with Gasteiger partial charge in [0.25, 0.3) is 10.0 Å². The van der Waals surface area contributed by atoms with Crippen LogP contribution in [0, 0.1) is 52.3 Å². The van der Waals surface area contributed by atoms with Crippen LogP contribution in [0.3, 0.4) is 0 Å². The van der Waals surface area contributed by atoms with Crippen LogP contribution in [0.2, 0.25) is 0 Å². The molecule has 1 unspecified atom stereocenters. The Labute approximate surface area is 241 Å². The molecule has 4 aliphatic carbocycles. The van der Waals surface area contributed by atoms with E-state index in [4.69, 9.17) is 0 Å². The van der Waals surface area contributed by atoms with Gasteiger partial charge in [-0.05, 0) is 117 Å². The normalized spacial score (nSPS) is 40.0. The standard InChI is InChI=1S/C31H52N4O4S/c1-6-21-16-24-26-9-8-25(30(26,4)14-11-27(24)31(5)13-10-22(36)17-28(21)31)20(3)12-15-32-29(37)34-40(38,39)23-18-33-35(7-2)19-23/h18-22,24-28,36H,6-17H2,1-5H3,(H2,32,34,37)/t20-,21+,22-,24+,25?,26+,27+,28+,30-,31-/m1/s1. The van der Waals surface area contributed by atoms with Gasteiger partial charge in [-0.2, -0.15) is 5.10 Å². The Hall–Kier alpha value is -1.61. The van der Waals surface area contributed by atoms with Gasteiger partial charge in [0.05, 0.1) is 12.3 Å². The largest absolute Gasteiger partial charge is 0.393 e. The van der Waals surface area contributed by atoms with Gasteiger partial charge in [0, 0.05) is 19.3 Å². The van der Waals surface area contributed by atoms with Crippen molar-refractivity contribution in [3.63, 3.8) is 0 Å². The number of urea groups is 1. The highest BCUT2D eigenvalue weighted by Crippen LogP contribution is 2.69. The van der Waals surface area contributed by atoms with E-state index in [-0.39, 0.29) is 11.0 Å². The molecule has 0 aromatic carbocycles. The molecule has 4 saturated carbocycles. The fourth-order valence-electron chi connectivity index (χ4n) is 10.4. The average molecular weight is 577 g/mol. The van der Waals surface area contributed by atoms with E-state index in [2.05, 4.69) is 42.8 Å². The monoisotopic (exact) mass is 576 g/mol. The molecule has 9 heteroatoms. The number of nitrogens with zero attached hydrogens (tertiary/aromatic N) is 2. The van der Waals surface area contributed by atoms with Crippen LogP contribution in [0.15, 0.2) is 17.3 Å². The minimum atomic E-state index is -3.93. The summed E-state index contributed by atoms with van der Waals surface area (Å²) in [6.07, 6.45) is 14.3. The Morgan fingerprint density at radius 3 is 2.52 bits per heavy atom. The average Bonchev–Trinajstić information content (AvgIpc) is 3.53. The molecule has 0 radical (unpaired) electrons. The molecule has 1 heterocycles. The lowest BCUT2D eigenvalue weighted by atomic mass is 9.42. The van der Waals surface area contributed by atoms with Gasteiger partial charge in [0.2, 0.25) is 0 Å². The summed E-state index contributed by atoms with van der Waals surface area (Å²) in [5, 5.41) is 17.3. The number of aliphatic hydroxyl groups excluding tert-OH is 1. The molecule has 5 rings (SSSR count). The number of fused-ring (bicyclic) bond motifs is 5. The highest BCUT2D eigenvalue weighted by Gasteiger charge is 2.62. The van der Waals surface area contributed by atoms with Crippen molar-refractivity contribution in [2.75, 3.05) is 6.54 Å². The van der Waals surface area contributed by atoms with Crippen LogP contribution in [0.1, 0.15) is 98.8 Å². The van der Waals surface area contributed by atoms with E-state index < -0.39 is 16.1 Å². The summed E-state index contributed by atoms with van der Waals surface area (Å²) in [5.41, 5.74) is 0.710.